The summed E-state index contributed by atoms with van der Waals surface area (Å²) < 4.78 is 13.7. The maximum atomic E-state index is 13.0. The van der Waals surface area contributed by atoms with E-state index < -0.39 is 0 Å². The van der Waals surface area contributed by atoms with E-state index in [-0.39, 0.29) is 11.6 Å². The maximum Gasteiger partial charge on any atom is 0.129 e. The highest BCUT2D eigenvalue weighted by molar-refractivity contribution is 9.10. The molecule has 0 aromatic heterocycles. The van der Waals surface area contributed by atoms with Crippen molar-refractivity contribution in [3.8, 4) is 5.75 Å². The van der Waals surface area contributed by atoms with E-state index in [9.17, 15) is 9.50 Å². The fourth-order valence-corrected chi connectivity index (χ4v) is 2.24. The fourth-order valence-electron chi connectivity index (χ4n) is 1.82. The fraction of sp³-hybridized carbons (Fsp3) is 0.200. The highest BCUT2D eigenvalue weighted by Crippen LogP contribution is 2.24. The molecule has 2 aromatic rings. The molecule has 0 bridgehead atoms. The summed E-state index contributed by atoms with van der Waals surface area (Å²) in [5.41, 5.74) is 2.07. The molecule has 19 heavy (non-hydrogen) atoms. The first kappa shape index (κ1) is 14.0. The van der Waals surface area contributed by atoms with Crippen LogP contribution < -0.4 is 5.32 Å². The Morgan fingerprint density at radius 3 is 2.68 bits per heavy atom. The lowest BCUT2D eigenvalue weighted by molar-refractivity contribution is 0.471. The first-order valence-corrected chi connectivity index (χ1v) is 6.87. The van der Waals surface area contributed by atoms with Gasteiger partial charge in [0.25, 0.3) is 0 Å². The van der Waals surface area contributed by atoms with Crippen LogP contribution in [0.25, 0.3) is 0 Å². The topological polar surface area (TPSA) is 32.3 Å². The standard InChI is InChI=1S/C15H15BrFNO/c16-14-9-12(4-5-15(14)19)10-18-7-6-11-2-1-3-13(17)8-11/h1-5,8-9,18-19H,6-7,10H2. The number of hydrogen-bond acceptors (Lipinski definition) is 2. The second-order valence-electron chi connectivity index (χ2n) is 4.34. The number of rotatable bonds is 5. The number of aromatic hydroxyl groups is 1. The lowest BCUT2D eigenvalue weighted by atomic mass is 10.1. The molecule has 0 amide bonds. The zero-order chi connectivity index (χ0) is 13.7. The van der Waals surface area contributed by atoms with Crippen molar-refractivity contribution in [2.24, 2.45) is 0 Å². The van der Waals surface area contributed by atoms with E-state index in [1.807, 2.05) is 18.2 Å². The molecule has 0 saturated heterocycles. The molecule has 0 aliphatic carbocycles. The smallest absolute Gasteiger partial charge is 0.129 e. The highest BCUT2D eigenvalue weighted by atomic mass is 79.9. The molecule has 2 aromatic carbocycles. The highest BCUT2D eigenvalue weighted by Gasteiger charge is 2.00. The summed E-state index contributed by atoms with van der Waals surface area (Å²) in [6.07, 6.45) is 0.789. The van der Waals surface area contributed by atoms with Gasteiger partial charge in [-0.1, -0.05) is 18.2 Å². The van der Waals surface area contributed by atoms with Gasteiger partial charge in [-0.3, -0.25) is 0 Å². The van der Waals surface area contributed by atoms with Crippen LogP contribution in [-0.4, -0.2) is 11.7 Å². The molecule has 0 fully saturated rings. The van der Waals surface area contributed by atoms with Crippen LogP contribution in [0.3, 0.4) is 0 Å². The van der Waals surface area contributed by atoms with Gasteiger partial charge >= 0.3 is 0 Å². The number of halogens is 2. The normalized spacial score (nSPS) is 10.6. The first-order chi connectivity index (χ1) is 9.15. The zero-order valence-corrected chi connectivity index (χ0v) is 12.0. The summed E-state index contributed by atoms with van der Waals surface area (Å²) in [6, 6.07) is 12.1. The van der Waals surface area contributed by atoms with E-state index in [0.29, 0.717) is 11.0 Å². The van der Waals surface area contributed by atoms with Gasteiger partial charge in [0.15, 0.2) is 0 Å². The van der Waals surface area contributed by atoms with Crippen molar-refractivity contribution in [3.05, 3.63) is 63.9 Å². The monoisotopic (exact) mass is 323 g/mol. The van der Waals surface area contributed by atoms with Gasteiger partial charge in [-0.15, -0.1) is 0 Å². The molecule has 0 saturated carbocycles. The van der Waals surface area contributed by atoms with Crippen molar-refractivity contribution >= 4 is 15.9 Å². The molecule has 0 unspecified atom stereocenters. The summed E-state index contributed by atoms with van der Waals surface area (Å²) in [5, 5.41) is 12.7. The van der Waals surface area contributed by atoms with Crippen LogP contribution in [0.15, 0.2) is 46.9 Å². The Labute approximate surface area is 120 Å². The minimum atomic E-state index is -0.194. The van der Waals surface area contributed by atoms with Gasteiger partial charge in [-0.05, 0) is 64.3 Å². The van der Waals surface area contributed by atoms with Gasteiger partial charge < -0.3 is 10.4 Å². The predicted octanol–water partition coefficient (Wildman–Crippen LogP) is 3.63. The van der Waals surface area contributed by atoms with Crippen molar-refractivity contribution in [3.63, 3.8) is 0 Å². The van der Waals surface area contributed by atoms with Crippen molar-refractivity contribution in [2.75, 3.05) is 6.54 Å². The van der Waals surface area contributed by atoms with Crippen LogP contribution in [0.5, 0.6) is 5.75 Å². The van der Waals surface area contributed by atoms with Gasteiger partial charge in [0.1, 0.15) is 11.6 Å². The molecule has 4 heteroatoms. The Morgan fingerprint density at radius 1 is 1.11 bits per heavy atom. The number of benzene rings is 2. The van der Waals surface area contributed by atoms with E-state index in [0.717, 1.165) is 24.1 Å². The maximum absolute atomic E-state index is 13.0. The van der Waals surface area contributed by atoms with Gasteiger partial charge in [0.05, 0.1) is 4.47 Å². The minimum absolute atomic E-state index is 0.194. The molecule has 0 radical (unpaired) electrons. The Bertz CT molecular complexity index is 560. The lowest BCUT2D eigenvalue weighted by Gasteiger charge is -2.06. The molecular weight excluding hydrogens is 309 g/mol. The van der Waals surface area contributed by atoms with Gasteiger partial charge in [0.2, 0.25) is 0 Å². The number of hydrogen-bond donors (Lipinski definition) is 2. The number of phenolic OH excluding ortho intramolecular Hbond substituents is 1. The Balaban J connectivity index is 1.79. The third-order valence-electron chi connectivity index (χ3n) is 2.82. The van der Waals surface area contributed by atoms with Gasteiger partial charge in [-0.2, -0.15) is 0 Å². The zero-order valence-electron chi connectivity index (χ0n) is 10.4. The average molecular weight is 324 g/mol. The molecule has 0 atom stereocenters. The Morgan fingerprint density at radius 2 is 1.95 bits per heavy atom. The van der Waals surface area contributed by atoms with E-state index in [1.165, 1.54) is 6.07 Å². The van der Waals surface area contributed by atoms with Crippen molar-refractivity contribution in [2.45, 2.75) is 13.0 Å². The van der Waals surface area contributed by atoms with E-state index in [4.69, 9.17) is 0 Å². The van der Waals surface area contributed by atoms with Crippen molar-refractivity contribution in [1.82, 2.24) is 5.32 Å². The van der Waals surface area contributed by atoms with E-state index in [1.54, 1.807) is 18.2 Å². The second kappa shape index (κ2) is 6.68. The molecule has 2 N–H and O–H groups in total. The minimum Gasteiger partial charge on any atom is -0.507 e. The molecule has 0 heterocycles. The summed E-state index contributed by atoms with van der Waals surface area (Å²) in [7, 11) is 0. The number of phenols is 1. The molecular formula is C15H15BrFNO. The predicted molar refractivity (Wildman–Crippen MR) is 77.6 cm³/mol. The molecule has 100 valence electrons. The van der Waals surface area contributed by atoms with E-state index in [2.05, 4.69) is 21.2 Å². The lowest BCUT2D eigenvalue weighted by Crippen LogP contribution is -2.16. The quantitative estimate of drug-likeness (QED) is 0.823. The second-order valence-corrected chi connectivity index (χ2v) is 5.20. The van der Waals surface area contributed by atoms with Crippen LogP contribution >= 0.6 is 15.9 Å². The third-order valence-corrected chi connectivity index (χ3v) is 3.46. The molecule has 0 aliphatic heterocycles. The van der Waals surface area contributed by atoms with Crippen LogP contribution in [0.1, 0.15) is 11.1 Å². The summed E-state index contributed by atoms with van der Waals surface area (Å²) in [6.45, 7) is 1.50. The molecule has 2 rings (SSSR count). The molecule has 2 nitrogen and oxygen atoms in total. The SMILES string of the molecule is Oc1ccc(CNCCc2cccc(F)c2)cc1Br. The Kier molecular flexibility index (Phi) is 4.93. The summed E-state index contributed by atoms with van der Waals surface area (Å²) in [5.74, 6) is 0.0449. The molecule has 0 aliphatic rings. The first-order valence-electron chi connectivity index (χ1n) is 6.08. The van der Waals surface area contributed by atoms with Gasteiger partial charge in [0, 0.05) is 6.54 Å². The summed E-state index contributed by atoms with van der Waals surface area (Å²) in [4.78, 5) is 0. The van der Waals surface area contributed by atoms with Crippen LogP contribution in [-0.2, 0) is 13.0 Å². The third kappa shape index (κ3) is 4.33. The van der Waals surface area contributed by atoms with Crippen molar-refractivity contribution in [1.29, 1.82) is 0 Å². The summed E-state index contributed by atoms with van der Waals surface area (Å²) >= 11 is 3.28. The number of nitrogens with one attached hydrogen (secondary N) is 1. The van der Waals surface area contributed by atoms with Gasteiger partial charge in [-0.25, -0.2) is 4.39 Å². The van der Waals surface area contributed by atoms with Crippen LogP contribution in [0.2, 0.25) is 0 Å². The Hall–Kier alpha value is -1.39. The molecule has 0 spiro atoms. The average Bonchev–Trinajstić information content (AvgIpc) is 2.39. The largest absolute Gasteiger partial charge is 0.507 e. The van der Waals surface area contributed by atoms with Crippen molar-refractivity contribution < 1.29 is 9.50 Å². The van der Waals surface area contributed by atoms with E-state index >= 15 is 0 Å². The van der Waals surface area contributed by atoms with Crippen LogP contribution in [0, 0.1) is 5.82 Å². The van der Waals surface area contributed by atoms with Crippen LogP contribution in [0.4, 0.5) is 4.39 Å².